The summed E-state index contributed by atoms with van der Waals surface area (Å²) in [6.45, 7) is 3.16. The normalized spacial score (nSPS) is 13.1. The van der Waals surface area contributed by atoms with Gasteiger partial charge in [-0.05, 0) is 26.0 Å². The molecule has 0 N–H and O–H groups in total. The highest BCUT2D eigenvalue weighted by atomic mass is 32.2. The molecule has 0 heterocycles. The minimum Gasteiger partial charge on any atom is -0.469 e. The van der Waals surface area contributed by atoms with E-state index in [0.29, 0.717) is 0 Å². The fourth-order valence-corrected chi connectivity index (χ4v) is 2.22. The number of hydrogen-bond acceptors (Lipinski definition) is 5. The van der Waals surface area contributed by atoms with Gasteiger partial charge < -0.3 is 4.74 Å². The van der Waals surface area contributed by atoms with Crippen LogP contribution in [0.15, 0.2) is 29.2 Å². The first-order chi connectivity index (χ1) is 8.36. The van der Waals surface area contributed by atoms with Gasteiger partial charge in [0.25, 0.3) is 10.1 Å². The minimum atomic E-state index is -3.82. The number of carbonyl (C=O) groups is 1. The predicted molar refractivity (Wildman–Crippen MR) is 65.5 cm³/mol. The van der Waals surface area contributed by atoms with Gasteiger partial charge in [0, 0.05) is 0 Å². The highest BCUT2D eigenvalue weighted by Crippen LogP contribution is 2.14. The summed E-state index contributed by atoms with van der Waals surface area (Å²) in [5, 5.41) is 0. The maximum absolute atomic E-state index is 11.8. The molecule has 0 spiro atoms. The van der Waals surface area contributed by atoms with Gasteiger partial charge in [0.15, 0.2) is 0 Å². The Kier molecular flexibility index (Phi) is 4.86. The van der Waals surface area contributed by atoms with E-state index < -0.39 is 22.0 Å². The summed E-state index contributed by atoms with van der Waals surface area (Å²) in [7, 11) is -2.58. The van der Waals surface area contributed by atoms with Gasteiger partial charge in [-0.25, -0.2) is 0 Å². The van der Waals surface area contributed by atoms with E-state index in [1.165, 1.54) is 26.2 Å². The smallest absolute Gasteiger partial charge is 0.310 e. The van der Waals surface area contributed by atoms with E-state index in [9.17, 15) is 13.2 Å². The van der Waals surface area contributed by atoms with E-state index in [1.54, 1.807) is 12.1 Å². The van der Waals surface area contributed by atoms with Crippen LogP contribution in [0.4, 0.5) is 0 Å². The van der Waals surface area contributed by atoms with Gasteiger partial charge in [-0.15, -0.1) is 0 Å². The van der Waals surface area contributed by atoms with Crippen LogP contribution in [0.2, 0.25) is 0 Å². The van der Waals surface area contributed by atoms with Crippen molar-refractivity contribution in [3.63, 3.8) is 0 Å². The lowest BCUT2D eigenvalue weighted by molar-refractivity contribution is -0.145. The van der Waals surface area contributed by atoms with Crippen LogP contribution in [-0.2, 0) is 23.8 Å². The first-order valence-electron chi connectivity index (χ1n) is 5.40. The molecule has 1 rings (SSSR count). The molecule has 0 bridgehead atoms. The lowest BCUT2D eigenvalue weighted by Crippen LogP contribution is -2.20. The van der Waals surface area contributed by atoms with E-state index in [1.807, 2.05) is 6.92 Å². The van der Waals surface area contributed by atoms with Crippen molar-refractivity contribution in [2.24, 2.45) is 5.92 Å². The summed E-state index contributed by atoms with van der Waals surface area (Å²) in [5.41, 5.74) is 0.955. The van der Waals surface area contributed by atoms with E-state index in [2.05, 4.69) is 4.74 Å². The Hall–Kier alpha value is -1.40. The summed E-state index contributed by atoms with van der Waals surface area (Å²) in [4.78, 5) is 11.2. The molecular formula is C12H16O5S. The van der Waals surface area contributed by atoms with Crippen LogP contribution in [0.3, 0.4) is 0 Å². The Bertz CT molecular complexity index is 504. The standard InChI is InChI=1S/C12H16O5S/c1-9-4-6-11(7-5-9)18(14,15)17-8-10(2)12(13)16-3/h4-7,10H,8H2,1-3H3/t10-/m0/s1. The molecule has 1 aromatic carbocycles. The number of esters is 1. The van der Waals surface area contributed by atoms with Crippen molar-refractivity contribution in [3.05, 3.63) is 29.8 Å². The van der Waals surface area contributed by atoms with E-state index in [0.717, 1.165) is 5.56 Å². The predicted octanol–water partition coefficient (Wildman–Crippen LogP) is 1.51. The summed E-state index contributed by atoms with van der Waals surface area (Å²) < 4.78 is 32.9. The van der Waals surface area contributed by atoms with Crippen molar-refractivity contribution in [1.29, 1.82) is 0 Å². The van der Waals surface area contributed by atoms with Crippen LogP contribution in [0, 0.1) is 12.8 Å². The number of ether oxygens (including phenoxy) is 1. The van der Waals surface area contributed by atoms with Gasteiger partial charge in [-0.2, -0.15) is 8.42 Å². The Morgan fingerprint density at radius 1 is 1.28 bits per heavy atom. The summed E-state index contributed by atoms with van der Waals surface area (Å²) >= 11 is 0. The van der Waals surface area contributed by atoms with E-state index in [4.69, 9.17) is 4.18 Å². The topological polar surface area (TPSA) is 69.7 Å². The third-order valence-corrected chi connectivity index (χ3v) is 3.68. The largest absolute Gasteiger partial charge is 0.469 e. The van der Waals surface area contributed by atoms with E-state index in [-0.39, 0.29) is 11.5 Å². The molecule has 0 amide bonds. The zero-order valence-electron chi connectivity index (χ0n) is 10.5. The number of hydrogen-bond donors (Lipinski definition) is 0. The van der Waals surface area contributed by atoms with Crippen LogP contribution < -0.4 is 0 Å². The van der Waals surface area contributed by atoms with Crippen LogP contribution in [0.1, 0.15) is 12.5 Å². The SMILES string of the molecule is COC(=O)[C@@H](C)COS(=O)(=O)c1ccc(C)cc1. The van der Waals surface area contributed by atoms with Crippen LogP contribution in [0.5, 0.6) is 0 Å². The maximum atomic E-state index is 11.8. The molecule has 100 valence electrons. The van der Waals surface area contributed by atoms with Crippen LogP contribution >= 0.6 is 0 Å². The molecule has 5 nitrogen and oxygen atoms in total. The number of rotatable bonds is 5. The number of methoxy groups -OCH3 is 1. The lowest BCUT2D eigenvalue weighted by atomic mass is 10.2. The second-order valence-electron chi connectivity index (χ2n) is 3.98. The maximum Gasteiger partial charge on any atom is 0.310 e. The highest BCUT2D eigenvalue weighted by Gasteiger charge is 2.20. The van der Waals surface area contributed by atoms with Gasteiger partial charge in [-0.3, -0.25) is 8.98 Å². The lowest BCUT2D eigenvalue weighted by Gasteiger charge is -2.10. The average molecular weight is 272 g/mol. The summed E-state index contributed by atoms with van der Waals surface area (Å²) in [5.74, 6) is -1.13. The molecule has 0 unspecified atom stereocenters. The monoisotopic (exact) mass is 272 g/mol. The third-order valence-electron chi connectivity index (χ3n) is 2.39. The molecule has 0 aliphatic carbocycles. The second-order valence-corrected chi connectivity index (χ2v) is 5.59. The fourth-order valence-electron chi connectivity index (χ4n) is 1.23. The number of carbonyl (C=O) groups excluding carboxylic acids is 1. The van der Waals surface area contributed by atoms with Crippen molar-refractivity contribution in [1.82, 2.24) is 0 Å². The Balaban J connectivity index is 2.71. The molecule has 1 aromatic rings. The molecule has 0 aliphatic heterocycles. The van der Waals surface area contributed by atoms with Crippen molar-refractivity contribution in [2.75, 3.05) is 13.7 Å². The molecular weight excluding hydrogens is 256 g/mol. The molecule has 0 saturated heterocycles. The second kappa shape index (κ2) is 5.97. The van der Waals surface area contributed by atoms with Crippen LogP contribution in [0.25, 0.3) is 0 Å². The quantitative estimate of drug-likeness (QED) is 0.600. The van der Waals surface area contributed by atoms with Crippen molar-refractivity contribution >= 4 is 16.1 Å². The average Bonchev–Trinajstić information content (AvgIpc) is 2.35. The Morgan fingerprint density at radius 2 is 1.83 bits per heavy atom. The van der Waals surface area contributed by atoms with Gasteiger partial charge in [0.2, 0.25) is 0 Å². The first-order valence-corrected chi connectivity index (χ1v) is 6.81. The van der Waals surface area contributed by atoms with Gasteiger partial charge in [0.05, 0.1) is 24.5 Å². The van der Waals surface area contributed by atoms with E-state index >= 15 is 0 Å². The van der Waals surface area contributed by atoms with Gasteiger partial charge in [0.1, 0.15) is 0 Å². The van der Waals surface area contributed by atoms with Crippen molar-refractivity contribution in [3.8, 4) is 0 Å². The third kappa shape index (κ3) is 3.82. The van der Waals surface area contributed by atoms with Gasteiger partial charge >= 0.3 is 5.97 Å². The van der Waals surface area contributed by atoms with Crippen molar-refractivity contribution < 1.29 is 22.1 Å². The molecule has 0 fully saturated rings. The van der Waals surface area contributed by atoms with Gasteiger partial charge in [-0.1, -0.05) is 17.7 Å². The number of benzene rings is 1. The summed E-state index contributed by atoms with van der Waals surface area (Å²) in [6.07, 6.45) is 0. The zero-order valence-corrected chi connectivity index (χ0v) is 11.4. The fraction of sp³-hybridized carbons (Fsp3) is 0.417. The number of aryl methyl sites for hydroxylation is 1. The summed E-state index contributed by atoms with van der Waals surface area (Å²) in [6, 6.07) is 6.29. The molecule has 0 saturated carbocycles. The molecule has 0 aliphatic rings. The molecule has 6 heteroatoms. The first kappa shape index (κ1) is 14.7. The molecule has 0 aromatic heterocycles. The minimum absolute atomic E-state index is 0.0742. The highest BCUT2D eigenvalue weighted by molar-refractivity contribution is 7.86. The Labute approximate surface area is 107 Å². The van der Waals surface area contributed by atoms with Crippen molar-refractivity contribution in [2.45, 2.75) is 18.7 Å². The molecule has 1 atom stereocenters. The molecule has 18 heavy (non-hydrogen) atoms. The molecule has 0 radical (unpaired) electrons. The zero-order chi connectivity index (χ0) is 13.8. The Morgan fingerprint density at radius 3 is 2.33 bits per heavy atom. The van der Waals surface area contributed by atoms with Crippen LogP contribution in [-0.4, -0.2) is 28.1 Å².